The summed E-state index contributed by atoms with van der Waals surface area (Å²) in [7, 11) is -4.19. The number of phosphoric ester groups is 1. The van der Waals surface area contributed by atoms with Crippen molar-refractivity contribution < 1.29 is 32.8 Å². The minimum Gasteiger partial charge on any atom is -0.498 e. The van der Waals surface area contributed by atoms with Gasteiger partial charge in [0, 0.05) is 13.5 Å². The molecular weight excluding hydrogens is 277 g/mol. The maximum atomic E-state index is 11.4. The molecule has 0 heterocycles. The van der Waals surface area contributed by atoms with Crippen LogP contribution in [0, 0.1) is 0 Å². The fourth-order valence-electron chi connectivity index (χ4n) is 0.993. The summed E-state index contributed by atoms with van der Waals surface area (Å²) < 4.78 is 30.4. The number of ether oxygens (including phenoxy) is 2. The highest BCUT2D eigenvalue weighted by Crippen LogP contribution is 2.42. The van der Waals surface area contributed by atoms with Crippen LogP contribution < -0.4 is 5.73 Å². The smallest absolute Gasteiger partial charge is 0.472 e. The summed E-state index contributed by atoms with van der Waals surface area (Å²) >= 11 is 0. The van der Waals surface area contributed by atoms with Crippen LogP contribution in [-0.4, -0.2) is 43.3 Å². The van der Waals surface area contributed by atoms with Crippen molar-refractivity contribution in [2.45, 2.75) is 20.0 Å². The third-order valence-corrected chi connectivity index (χ3v) is 2.63. The number of carbonyl (C=O) groups excluding carboxylic acids is 1. The van der Waals surface area contributed by atoms with Gasteiger partial charge in [-0.05, 0) is 6.92 Å². The molecule has 9 heteroatoms. The lowest BCUT2D eigenvalue weighted by Gasteiger charge is -2.18. The number of rotatable bonds is 10. The Morgan fingerprint density at radius 1 is 1.42 bits per heavy atom. The number of nitrogens with two attached hydrogens (primary N) is 1. The first-order valence-corrected chi connectivity index (χ1v) is 7.12. The van der Waals surface area contributed by atoms with Crippen LogP contribution in [0.3, 0.4) is 0 Å². The molecule has 0 aliphatic rings. The van der Waals surface area contributed by atoms with E-state index in [-0.39, 0.29) is 26.4 Å². The Hall–Kier alpha value is -0.920. The first-order valence-electron chi connectivity index (χ1n) is 5.63. The molecule has 0 saturated heterocycles. The Bertz CT molecular complexity index is 334. The Kier molecular flexibility index (Phi) is 9.46. The normalized spacial score (nSPS) is 16.0. The largest absolute Gasteiger partial charge is 0.498 e. The van der Waals surface area contributed by atoms with Crippen LogP contribution in [0.1, 0.15) is 13.8 Å². The SMILES string of the molecule is C/C=C/OC[C@H](COP(=O)(O)OCCN)OC(C)=O. The Balaban J connectivity index is 4.22. The lowest BCUT2D eigenvalue weighted by Crippen LogP contribution is -2.26. The highest BCUT2D eigenvalue weighted by molar-refractivity contribution is 7.47. The summed E-state index contributed by atoms with van der Waals surface area (Å²) in [6.45, 7) is 2.62. The quantitative estimate of drug-likeness (QED) is 0.341. The molecular formula is C10H20NO7P. The highest BCUT2D eigenvalue weighted by Gasteiger charge is 2.24. The summed E-state index contributed by atoms with van der Waals surface area (Å²) in [6, 6.07) is 0. The van der Waals surface area contributed by atoms with Crippen molar-refractivity contribution in [3.63, 3.8) is 0 Å². The Morgan fingerprint density at radius 2 is 2.11 bits per heavy atom. The Labute approximate surface area is 112 Å². The first-order chi connectivity index (χ1) is 8.91. The number of allylic oxidation sites excluding steroid dienone is 1. The molecule has 8 nitrogen and oxygen atoms in total. The van der Waals surface area contributed by atoms with Gasteiger partial charge in [-0.1, -0.05) is 6.08 Å². The molecule has 0 aliphatic carbocycles. The van der Waals surface area contributed by atoms with Gasteiger partial charge in [-0.25, -0.2) is 4.57 Å². The zero-order chi connectivity index (χ0) is 14.7. The van der Waals surface area contributed by atoms with Gasteiger partial charge in [0.25, 0.3) is 0 Å². The monoisotopic (exact) mass is 297 g/mol. The molecule has 1 unspecified atom stereocenters. The van der Waals surface area contributed by atoms with E-state index < -0.39 is 19.9 Å². The van der Waals surface area contributed by atoms with Crippen molar-refractivity contribution in [2.24, 2.45) is 5.73 Å². The van der Waals surface area contributed by atoms with E-state index in [2.05, 4.69) is 9.05 Å². The standard InChI is InChI=1S/C10H20NO7P/c1-3-5-15-7-10(18-9(2)12)8-17-19(13,14)16-6-4-11/h3,5,10H,4,6-8,11H2,1-2H3,(H,13,14)/b5-3+/t10-/m1/s1. The van der Waals surface area contributed by atoms with Crippen LogP contribution in [0.25, 0.3) is 0 Å². The molecule has 0 aromatic heterocycles. The van der Waals surface area contributed by atoms with Crippen LogP contribution in [0.5, 0.6) is 0 Å². The van der Waals surface area contributed by atoms with E-state index in [4.69, 9.17) is 15.2 Å². The predicted molar refractivity (Wildman–Crippen MR) is 67.1 cm³/mol. The maximum absolute atomic E-state index is 11.4. The first kappa shape index (κ1) is 18.1. The van der Waals surface area contributed by atoms with E-state index in [1.165, 1.54) is 13.2 Å². The van der Waals surface area contributed by atoms with Gasteiger partial charge in [-0.2, -0.15) is 0 Å². The van der Waals surface area contributed by atoms with E-state index in [9.17, 15) is 14.3 Å². The molecule has 3 N–H and O–H groups in total. The second-order valence-corrected chi connectivity index (χ2v) is 4.87. The Morgan fingerprint density at radius 3 is 2.63 bits per heavy atom. The van der Waals surface area contributed by atoms with Crippen LogP contribution in [0.15, 0.2) is 12.3 Å². The molecule has 0 amide bonds. The van der Waals surface area contributed by atoms with E-state index >= 15 is 0 Å². The van der Waals surface area contributed by atoms with Gasteiger partial charge in [0.2, 0.25) is 0 Å². The van der Waals surface area contributed by atoms with Crippen LogP contribution in [-0.2, 0) is 27.9 Å². The minimum absolute atomic E-state index is 0.000802. The molecule has 0 aromatic rings. The van der Waals surface area contributed by atoms with Gasteiger partial charge < -0.3 is 20.1 Å². The van der Waals surface area contributed by atoms with Gasteiger partial charge in [0.15, 0.2) is 6.10 Å². The average Bonchev–Trinajstić information content (AvgIpc) is 2.33. The summed E-state index contributed by atoms with van der Waals surface area (Å²) in [5, 5.41) is 0. The van der Waals surface area contributed by atoms with E-state index in [1.54, 1.807) is 13.0 Å². The molecule has 0 bridgehead atoms. The third kappa shape index (κ3) is 10.7. The van der Waals surface area contributed by atoms with Gasteiger partial charge in [-0.3, -0.25) is 13.8 Å². The fraction of sp³-hybridized carbons (Fsp3) is 0.700. The molecule has 0 fully saturated rings. The number of hydrogen-bond acceptors (Lipinski definition) is 7. The minimum atomic E-state index is -4.19. The topological polar surface area (TPSA) is 117 Å². The fourth-order valence-corrected chi connectivity index (χ4v) is 1.76. The maximum Gasteiger partial charge on any atom is 0.472 e. The van der Waals surface area contributed by atoms with E-state index in [0.717, 1.165) is 0 Å². The molecule has 112 valence electrons. The zero-order valence-corrected chi connectivity index (χ0v) is 11.9. The lowest BCUT2D eigenvalue weighted by molar-refractivity contribution is -0.150. The molecule has 0 aromatic carbocycles. The second kappa shape index (κ2) is 9.94. The second-order valence-electron chi connectivity index (χ2n) is 3.42. The molecule has 2 atom stereocenters. The molecule has 0 spiro atoms. The van der Waals surface area contributed by atoms with Crippen LogP contribution in [0.2, 0.25) is 0 Å². The number of phosphoric acid groups is 1. The average molecular weight is 297 g/mol. The summed E-state index contributed by atoms with van der Waals surface area (Å²) in [6.07, 6.45) is 2.24. The molecule has 19 heavy (non-hydrogen) atoms. The number of esters is 1. The van der Waals surface area contributed by atoms with Gasteiger partial charge in [-0.15, -0.1) is 0 Å². The van der Waals surface area contributed by atoms with Crippen LogP contribution in [0.4, 0.5) is 0 Å². The molecule has 0 radical (unpaired) electrons. The van der Waals surface area contributed by atoms with Gasteiger partial charge in [0.1, 0.15) is 6.61 Å². The van der Waals surface area contributed by atoms with E-state index in [0.29, 0.717) is 0 Å². The van der Waals surface area contributed by atoms with Crippen molar-refractivity contribution in [3.05, 3.63) is 12.3 Å². The zero-order valence-electron chi connectivity index (χ0n) is 11.0. The lowest BCUT2D eigenvalue weighted by atomic mass is 10.4. The summed E-state index contributed by atoms with van der Waals surface area (Å²) in [5.74, 6) is -0.548. The summed E-state index contributed by atoms with van der Waals surface area (Å²) in [5.41, 5.74) is 5.13. The van der Waals surface area contributed by atoms with Crippen molar-refractivity contribution >= 4 is 13.8 Å². The third-order valence-electron chi connectivity index (χ3n) is 1.64. The van der Waals surface area contributed by atoms with Crippen molar-refractivity contribution in [1.29, 1.82) is 0 Å². The highest BCUT2D eigenvalue weighted by atomic mass is 31.2. The van der Waals surface area contributed by atoms with E-state index in [1.807, 2.05) is 0 Å². The van der Waals surface area contributed by atoms with Crippen LogP contribution >= 0.6 is 7.82 Å². The molecule has 0 saturated carbocycles. The van der Waals surface area contributed by atoms with Crippen molar-refractivity contribution in [3.8, 4) is 0 Å². The van der Waals surface area contributed by atoms with Gasteiger partial charge in [0.05, 0.1) is 19.5 Å². The number of carbonyl (C=O) groups is 1. The van der Waals surface area contributed by atoms with Crippen molar-refractivity contribution in [1.82, 2.24) is 0 Å². The van der Waals surface area contributed by atoms with Crippen molar-refractivity contribution in [2.75, 3.05) is 26.4 Å². The molecule has 0 aliphatic heterocycles. The van der Waals surface area contributed by atoms with Gasteiger partial charge >= 0.3 is 13.8 Å². The molecule has 0 rings (SSSR count). The summed E-state index contributed by atoms with van der Waals surface area (Å²) in [4.78, 5) is 20.1. The number of hydrogen-bond donors (Lipinski definition) is 2. The predicted octanol–water partition coefficient (Wildman–Crippen LogP) is 0.561.